The fourth-order valence-electron chi connectivity index (χ4n) is 2.10. The largest absolute Gasteiger partial charge is 0.316 e. The molecule has 2 unspecified atom stereocenters. The van der Waals surface area contributed by atoms with Crippen LogP contribution in [0.15, 0.2) is 0 Å². The summed E-state index contributed by atoms with van der Waals surface area (Å²) in [6.45, 7) is 2.23. The maximum absolute atomic E-state index is 11.0. The fourth-order valence-corrected chi connectivity index (χ4v) is 2.10. The van der Waals surface area contributed by atoms with Gasteiger partial charge < -0.3 is 5.32 Å². The van der Waals surface area contributed by atoms with E-state index in [1.165, 1.54) is 0 Å². The summed E-state index contributed by atoms with van der Waals surface area (Å²) in [7, 11) is 0. The summed E-state index contributed by atoms with van der Waals surface area (Å²) in [4.78, 5) is 11.0. The molecule has 1 saturated heterocycles. The third kappa shape index (κ3) is 1.74. The van der Waals surface area contributed by atoms with Crippen LogP contribution in [-0.2, 0) is 4.79 Å². The second kappa shape index (κ2) is 3.55. The summed E-state index contributed by atoms with van der Waals surface area (Å²) in [6.07, 6.45) is 2.82. The van der Waals surface area contributed by atoms with E-state index in [1.807, 2.05) is 0 Å². The summed E-state index contributed by atoms with van der Waals surface area (Å²) < 4.78 is 0. The molecule has 2 aliphatic rings. The molecule has 0 radical (unpaired) electrons. The van der Waals surface area contributed by atoms with Gasteiger partial charge in [0.2, 0.25) is 0 Å². The highest BCUT2D eigenvalue weighted by Crippen LogP contribution is 2.30. The number of hydrogen-bond donors (Lipinski definition) is 1. The lowest BCUT2D eigenvalue weighted by Gasteiger charge is -2.22. The summed E-state index contributed by atoms with van der Waals surface area (Å²) >= 11 is 0. The van der Waals surface area contributed by atoms with Gasteiger partial charge in [-0.15, -0.1) is 12.4 Å². The number of Topliss-reactive ketones (excluding diaryl/α,β-unsaturated/α-hetero) is 1. The van der Waals surface area contributed by atoms with Crippen LogP contribution in [0.5, 0.6) is 0 Å². The number of halogens is 1. The fraction of sp³-hybridized carbons (Fsp3) is 0.875. The van der Waals surface area contributed by atoms with E-state index in [0.29, 0.717) is 11.7 Å². The number of nitrogens with one attached hydrogen (secondary N) is 1. The molecule has 0 aromatic rings. The Labute approximate surface area is 73.1 Å². The molecule has 1 heterocycles. The van der Waals surface area contributed by atoms with Crippen molar-refractivity contribution in [2.24, 2.45) is 11.8 Å². The lowest BCUT2D eigenvalue weighted by Crippen LogP contribution is -2.23. The van der Waals surface area contributed by atoms with Gasteiger partial charge in [0.15, 0.2) is 0 Å². The van der Waals surface area contributed by atoms with Crippen LogP contribution in [0.4, 0.5) is 0 Å². The molecule has 0 aromatic heterocycles. The van der Waals surface area contributed by atoms with Gasteiger partial charge in [-0.2, -0.15) is 0 Å². The zero-order chi connectivity index (χ0) is 6.97. The van der Waals surface area contributed by atoms with Crippen LogP contribution in [0.1, 0.15) is 19.3 Å². The molecule has 0 spiro atoms. The predicted molar refractivity (Wildman–Crippen MR) is 46.0 cm³/mol. The van der Waals surface area contributed by atoms with E-state index < -0.39 is 0 Å². The highest BCUT2D eigenvalue weighted by molar-refractivity contribution is 5.85. The average molecular weight is 176 g/mol. The lowest BCUT2D eigenvalue weighted by atomic mass is 9.81. The first kappa shape index (κ1) is 9.01. The predicted octanol–water partition coefficient (Wildman–Crippen LogP) is 0.997. The van der Waals surface area contributed by atoms with Crippen molar-refractivity contribution in [3.8, 4) is 0 Å². The summed E-state index contributed by atoms with van der Waals surface area (Å²) in [5, 5.41) is 3.33. The number of hydrogen-bond acceptors (Lipinski definition) is 2. The normalized spacial score (nSPS) is 36.2. The van der Waals surface area contributed by atoms with Crippen LogP contribution in [0.2, 0.25) is 0 Å². The van der Waals surface area contributed by atoms with E-state index >= 15 is 0 Å². The minimum absolute atomic E-state index is 0. The first-order valence-corrected chi connectivity index (χ1v) is 4.08. The van der Waals surface area contributed by atoms with Crippen LogP contribution >= 0.6 is 12.4 Å². The molecule has 1 aliphatic carbocycles. The molecule has 2 fully saturated rings. The van der Waals surface area contributed by atoms with Gasteiger partial charge in [0, 0.05) is 12.8 Å². The van der Waals surface area contributed by atoms with E-state index in [1.54, 1.807) is 0 Å². The highest BCUT2D eigenvalue weighted by atomic mass is 35.5. The Balaban J connectivity index is 0.000000605. The number of rotatable bonds is 0. The number of carbonyl (C=O) groups excluding carboxylic acids is 1. The van der Waals surface area contributed by atoms with E-state index in [0.717, 1.165) is 38.3 Å². The first-order chi connectivity index (χ1) is 4.86. The minimum Gasteiger partial charge on any atom is -0.316 e. The highest BCUT2D eigenvalue weighted by Gasteiger charge is 2.32. The first-order valence-electron chi connectivity index (χ1n) is 4.08. The molecule has 64 valence electrons. The molecule has 2 atom stereocenters. The van der Waals surface area contributed by atoms with Crippen LogP contribution in [0.25, 0.3) is 0 Å². The molecular weight excluding hydrogens is 162 g/mol. The Kier molecular flexibility index (Phi) is 2.90. The summed E-state index contributed by atoms with van der Waals surface area (Å²) in [5.74, 6) is 1.98. The van der Waals surface area contributed by atoms with Gasteiger partial charge >= 0.3 is 0 Å². The maximum Gasteiger partial charge on any atom is 0.133 e. The van der Waals surface area contributed by atoms with Crippen molar-refractivity contribution in [3.05, 3.63) is 0 Å². The third-order valence-electron chi connectivity index (χ3n) is 2.76. The van der Waals surface area contributed by atoms with Crippen molar-refractivity contribution >= 4 is 18.2 Å². The molecule has 0 aromatic carbocycles. The monoisotopic (exact) mass is 175 g/mol. The Morgan fingerprint density at radius 3 is 2.82 bits per heavy atom. The molecule has 0 bridgehead atoms. The summed E-state index contributed by atoms with van der Waals surface area (Å²) in [5.41, 5.74) is 0. The molecule has 1 saturated carbocycles. The molecule has 2 rings (SSSR count). The van der Waals surface area contributed by atoms with Gasteiger partial charge in [0.1, 0.15) is 5.78 Å². The van der Waals surface area contributed by atoms with Crippen molar-refractivity contribution < 1.29 is 4.79 Å². The number of ketones is 1. The van der Waals surface area contributed by atoms with Crippen LogP contribution in [-0.4, -0.2) is 18.9 Å². The Hall–Kier alpha value is -0.0800. The third-order valence-corrected chi connectivity index (χ3v) is 2.76. The van der Waals surface area contributed by atoms with Gasteiger partial charge in [-0.3, -0.25) is 4.79 Å². The van der Waals surface area contributed by atoms with E-state index in [9.17, 15) is 4.79 Å². The SMILES string of the molecule is Cl.O=C1CCC2CNCC2C1. The zero-order valence-corrected chi connectivity index (χ0v) is 7.32. The van der Waals surface area contributed by atoms with E-state index in [-0.39, 0.29) is 12.4 Å². The smallest absolute Gasteiger partial charge is 0.133 e. The van der Waals surface area contributed by atoms with E-state index in [4.69, 9.17) is 0 Å². The molecule has 1 aliphatic heterocycles. The quantitative estimate of drug-likeness (QED) is 0.595. The molecule has 2 nitrogen and oxygen atoms in total. The lowest BCUT2D eigenvalue weighted by molar-refractivity contribution is -0.122. The topological polar surface area (TPSA) is 29.1 Å². The average Bonchev–Trinajstić information content (AvgIpc) is 2.33. The van der Waals surface area contributed by atoms with Crippen LogP contribution in [0.3, 0.4) is 0 Å². The van der Waals surface area contributed by atoms with Crippen LogP contribution in [0, 0.1) is 11.8 Å². The standard InChI is InChI=1S/C8H13NO.ClH/c10-8-2-1-6-4-9-5-7(6)3-8;/h6-7,9H,1-5H2;1H. The van der Waals surface area contributed by atoms with Crippen molar-refractivity contribution in [1.29, 1.82) is 0 Å². The summed E-state index contributed by atoms with van der Waals surface area (Å²) in [6, 6.07) is 0. The van der Waals surface area contributed by atoms with Gasteiger partial charge in [0.05, 0.1) is 0 Å². The zero-order valence-electron chi connectivity index (χ0n) is 6.51. The van der Waals surface area contributed by atoms with Crippen molar-refractivity contribution in [3.63, 3.8) is 0 Å². The van der Waals surface area contributed by atoms with Gasteiger partial charge in [-0.25, -0.2) is 0 Å². The van der Waals surface area contributed by atoms with Crippen molar-refractivity contribution in [2.45, 2.75) is 19.3 Å². The second-order valence-electron chi connectivity index (χ2n) is 3.46. The number of carbonyl (C=O) groups is 1. The van der Waals surface area contributed by atoms with Gasteiger partial charge in [0.25, 0.3) is 0 Å². The molecule has 0 amide bonds. The Morgan fingerprint density at radius 2 is 2.00 bits per heavy atom. The molecular formula is C8H14ClNO. The minimum atomic E-state index is 0. The van der Waals surface area contributed by atoms with Gasteiger partial charge in [-0.05, 0) is 31.3 Å². The maximum atomic E-state index is 11.0. The molecule has 3 heteroatoms. The van der Waals surface area contributed by atoms with Gasteiger partial charge in [-0.1, -0.05) is 0 Å². The Morgan fingerprint density at radius 1 is 1.27 bits per heavy atom. The van der Waals surface area contributed by atoms with Crippen molar-refractivity contribution in [2.75, 3.05) is 13.1 Å². The molecule has 11 heavy (non-hydrogen) atoms. The Bertz CT molecular complexity index is 160. The molecule has 1 N–H and O–H groups in total. The van der Waals surface area contributed by atoms with Crippen molar-refractivity contribution in [1.82, 2.24) is 5.32 Å². The number of fused-ring (bicyclic) bond motifs is 1. The second-order valence-corrected chi connectivity index (χ2v) is 3.46. The van der Waals surface area contributed by atoms with E-state index in [2.05, 4.69) is 5.32 Å². The van der Waals surface area contributed by atoms with Crippen LogP contribution < -0.4 is 5.32 Å².